The van der Waals surface area contributed by atoms with E-state index in [9.17, 15) is 14.4 Å². The Kier molecular flexibility index (Phi) is 12.7. The van der Waals surface area contributed by atoms with Gasteiger partial charge in [0, 0.05) is 18.2 Å². The maximum atomic E-state index is 12.2. The SMILES string of the molecule is C=CC[CH]c1ccc(NC(=O)OCCOCCC(=O)N[C@H](C(=O)NC(C)C)C(C)C)cc1. The number of carbonyl (C=O) groups excluding carboxylic acids is 3. The van der Waals surface area contributed by atoms with Crippen LogP contribution in [0.2, 0.25) is 0 Å². The van der Waals surface area contributed by atoms with Crippen molar-refractivity contribution in [2.75, 3.05) is 25.1 Å². The lowest BCUT2D eigenvalue weighted by atomic mass is 10.0. The predicted molar refractivity (Wildman–Crippen MR) is 125 cm³/mol. The molecule has 32 heavy (non-hydrogen) atoms. The van der Waals surface area contributed by atoms with E-state index in [1.807, 2.05) is 52.3 Å². The molecule has 1 aromatic rings. The Labute approximate surface area is 191 Å². The third-order valence-electron chi connectivity index (χ3n) is 4.31. The fourth-order valence-corrected chi connectivity index (χ4v) is 2.69. The van der Waals surface area contributed by atoms with Crippen molar-refractivity contribution in [1.29, 1.82) is 0 Å². The van der Waals surface area contributed by atoms with Crippen molar-refractivity contribution in [3.63, 3.8) is 0 Å². The summed E-state index contributed by atoms with van der Waals surface area (Å²) in [5, 5.41) is 8.19. The van der Waals surface area contributed by atoms with Crippen LogP contribution in [-0.2, 0) is 19.1 Å². The number of hydrogen-bond donors (Lipinski definition) is 3. The van der Waals surface area contributed by atoms with Gasteiger partial charge in [-0.3, -0.25) is 14.9 Å². The van der Waals surface area contributed by atoms with Crippen LogP contribution in [0, 0.1) is 12.3 Å². The highest BCUT2D eigenvalue weighted by Gasteiger charge is 2.24. The van der Waals surface area contributed by atoms with E-state index in [0.717, 1.165) is 12.0 Å². The molecule has 1 radical (unpaired) electrons. The summed E-state index contributed by atoms with van der Waals surface area (Å²) in [6.07, 6.45) is 4.15. The smallest absolute Gasteiger partial charge is 0.411 e. The van der Waals surface area contributed by atoms with Crippen molar-refractivity contribution in [1.82, 2.24) is 10.6 Å². The first-order valence-corrected chi connectivity index (χ1v) is 10.9. The number of ether oxygens (including phenoxy) is 2. The molecule has 8 heteroatoms. The van der Waals surface area contributed by atoms with E-state index in [1.165, 1.54) is 0 Å². The van der Waals surface area contributed by atoms with Crippen LogP contribution in [-0.4, -0.2) is 49.8 Å². The third kappa shape index (κ3) is 11.5. The van der Waals surface area contributed by atoms with Crippen LogP contribution >= 0.6 is 0 Å². The fourth-order valence-electron chi connectivity index (χ4n) is 2.69. The van der Waals surface area contributed by atoms with Crippen molar-refractivity contribution in [3.8, 4) is 0 Å². The second kappa shape index (κ2) is 15.0. The van der Waals surface area contributed by atoms with E-state index < -0.39 is 12.1 Å². The lowest BCUT2D eigenvalue weighted by Gasteiger charge is -2.23. The summed E-state index contributed by atoms with van der Waals surface area (Å²) < 4.78 is 10.4. The molecule has 0 aliphatic rings. The first kappa shape index (κ1) is 27.2. The van der Waals surface area contributed by atoms with E-state index in [-0.39, 0.29) is 50.0 Å². The van der Waals surface area contributed by atoms with Crippen LogP contribution in [0.5, 0.6) is 0 Å². The van der Waals surface area contributed by atoms with Crippen molar-refractivity contribution >= 4 is 23.6 Å². The summed E-state index contributed by atoms with van der Waals surface area (Å²) in [4.78, 5) is 36.1. The number of nitrogens with one attached hydrogen (secondary N) is 3. The van der Waals surface area contributed by atoms with Crippen molar-refractivity contribution in [2.24, 2.45) is 5.92 Å². The van der Waals surface area contributed by atoms with Gasteiger partial charge in [0.25, 0.3) is 0 Å². The number of rotatable bonds is 14. The van der Waals surface area contributed by atoms with Gasteiger partial charge in [-0.15, -0.1) is 6.58 Å². The molecule has 8 nitrogen and oxygen atoms in total. The summed E-state index contributed by atoms with van der Waals surface area (Å²) >= 11 is 0. The van der Waals surface area contributed by atoms with Crippen molar-refractivity contribution in [2.45, 2.75) is 52.6 Å². The highest BCUT2D eigenvalue weighted by Crippen LogP contribution is 2.12. The molecule has 177 valence electrons. The van der Waals surface area contributed by atoms with Gasteiger partial charge in [-0.25, -0.2) is 4.79 Å². The van der Waals surface area contributed by atoms with Gasteiger partial charge >= 0.3 is 6.09 Å². The Morgan fingerprint density at radius 1 is 1.00 bits per heavy atom. The van der Waals surface area contributed by atoms with Crippen LogP contribution in [0.15, 0.2) is 36.9 Å². The highest BCUT2D eigenvalue weighted by molar-refractivity contribution is 5.88. The van der Waals surface area contributed by atoms with Gasteiger partial charge in [0.05, 0.1) is 13.2 Å². The summed E-state index contributed by atoms with van der Waals surface area (Å²) in [5.74, 6) is -0.504. The molecule has 0 unspecified atom stereocenters. The predicted octanol–water partition coefficient (Wildman–Crippen LogP) is 3.44. The molecule has 0 fully saturated rings. The highest BCUT2D eigenvalue weighted by atomic mass is 16.6. The van der Waals surface area contributed by atoms with Crippen LogP contribution in [0.3, 0.4) is 0 Å². The summed E-state index contributed by atoms with van der Waals surface area (Å²) in [5.41, 5.74) is 1.67. The van der Waals surface area contributed by atoms with Gasteiger partial charge in [0.2, 0.25) is 11.8 Å². The Balaban J connectivity index is 2.21. The zero-order valence-corrected chi connectivity index (χ0v) is 19.5. The number of amides is 3. The average Bonchev–Trinajstić information content (AvgIpc) is 2.73. The Morgan fingerprint density at radius 3 is 2.28 bits per heavy atom. The minimum Gasteiger partial charge on any atom is -0.447 e. The molecule has 3 N–H and O–H groups in total. The number of allylic oxidation sites excluding steroid dienone is 1. The summed E-state index contributed by atoms with van der Waals surface area (Å²) in [7, 11) is 0. The molecule has 1 aromatic carbocycles. The Morgan fingerprint density at radius 2 is 1.69 bits per heavy atom. The number of benzene rings is 1. The van der Waals surface area contributed by atoms with Crippen molar-refractivity contribution < 1.29 is 23.9 Å². The molecule has 0 heterocycles. The van der Waals surface area contributed by atoms with E-state index in [2.05, 4.69) is 22.5 Å². The van der Waals surface area contributed by atoms with Gasteiger partial charge in [-0.1, -0.05) is 32.1 Å². The van der Waals surface area contributed by atoms with E-state index in [0.29, 0.717) is 5.69 Å². The van der Waals surface area contributed by atoms with Gasteiger partial charge < -0.3 is 20.1 Å². The molecule has 0 saturated carbocycles. The molecular weight excluding hydrogens is 410 g/mol. The summed E-state index contributed by atoms with van der Waals surface area (Å²) in [6, 6.07) is 6.77. The maximum Gasteiger partial charge on any atom is 0.411 e. The molecule has 1 atom stereocenters. The second-order valence-electron chi connectivity index (χ2n) is 7.93. The molecule has 0 aliphatic heterocycles. The average molecular weight is 447 g/mol. The van der Waals surface area contributed by atoms with E-state index >= 15 is 0 Å². The van der Waals surface area contributed by atoms with Gasteiger partial charge in [-0.05, 0) is 50.3 Å². The number of anilines is 1. The quantitative estimate of drug-likeness (QED) is 0.300. The number of hydrogen-bond acceptors (Lipinski definition) is 5. The van der Waals surface area contributed by atoms with E-state index in [1.54, 1.807) is 12.1 Å². The minimum absolute atomic E-state index is 0.00129. The lowest BCUT2D eigenvalue weighted by molar-refractivity contribution is -0.130. The van der Waals surface area contributed by atoms with Crippen LogP contribution < -0.4 is 16.0 Å². The molecule has 0 aromatic heterocycles. The minimum atomic E-state index is -0.592. The number of carbonyl (C=O) groups is 3. The van der Waals surface area contributed by atoms with Crippen LogP contribution in [0.25, 0.3) is 0 Å². The van der Waals surface area contributed by atoms with Gasteiger partial charge in [-0.2, -0.15) is 0 Å². The largest absolute Gasteiger partial charge is 0.447 e. The van der Waals surface area contributed by atoms with E-state index in [4.69, 9.17) is 9.47 Å². The Bertz CT molecular complexity index is 732. The lowest BCUT2D eigenvalue weighted by Crippen LogP contribution is -2.51. The first-order valence-electron chi connectivity index (χ1n) is 10.9. The van der Waals surface area contributed by atoms with Gasteiger partial charge in [0.15, 0.2) is 0 Å². The molecular formula is C24H36N3O5. The molecule has 0 bridgehead atoms. The maximum absolute atomic E-state index is 12.2. The van der Waals surface area contributed by atoms with Crippen LogP contribution in [0.1, 0.15) is 46.1 Å². The standard InChI is InChI=1S/C24H36N3O5/c1-6-7-8-19-9-11-20(12-10-19)26-24(30)32-16-15-31-14-13-21(28)27-22(17(2)3)23(29)25-18(4)5/h6,8-12,17-18,22H,1,7,13-16H2,2-5H3,(H,25,29)(H,26,30)(H,27,28)/t22-/m0/s1. The molecule has 1 rings (SSSR count). The molecule has 0 spiro atoms. The summed E-state index contributed by atoms with van der Waals surface area (Å²) in [6.45, 7) is 11.5. The fraction of sp³-hybridized carbons (Fsp3) is 0.500. The first-order chi connectivity index (χ1) is 15.2. The molecule has 0 saturated heterocycles. The van der Waals surface area contributed by atoms with Gasteiger partial charge in [0.1, 0.15) is 12.6 Å². The zero-order valence-electron chi connectivity index (χ0n) is 19.5. The van der Waals surface area contributed by atoms with Crippen LogP contribution in [0.4, 0.5) is 10.5 Å². The zero-order chi connectivity index (χ0) is 23.9. The normalized spacial score (nSPS) is 11.7. The Hall–Kier alpha value is -2.87. The second-order valence-corrected chi connectivity index (χ2v) is 7.93. The molecule has 0 aliphatic carbocycles. The third-order valence-corrected chi connectivity index (χ3v) is 4.31. The topological polar surface area (TPSA) is 106 Å². The monoisotopic (exact) mass is 446 g/mol. The molecule has 3 amide bonds. The van der Waals surface area contributed by atoms with Crippen molar-refractivity contribution in [3.05, 3.63) is 48.9 Å².